The van der Waals surface area contributed by atoms with E-state index < -0.39 is 5.97 Å². The Hall–Kier alpha value is -1.79. The van der Waals surface area contributed by atoms with Crippen molar-refractivity contribution in [1.29, 1.82) is 0 Å². The highest BCUT2D eigenvalue weighted by Crippen LogP contribution is 2.21. The number of hydrogen-bond acceptors (Lipinski definition) is 3. The van der Waals surface area contributed by atoms with Crippen LogP contribution in [0, 0.1) is 0 Å². The van der Waals surface area contributed by atoms with Crippen molar-refractivity contribution in [2.24, 2.45) is 0 Å². The number of morpholine rings is 1. The van der Waals surface area contributed by atoms with Crippen LogP contribution in [0.25, 0.3) is 0 Å². The van der Waals surface area contributed by atoms with Crippen LogP contribution in [0.15, 0.2) is 18.2 Å². The number of carbonyl (C=O) groups is 2. The van der Waals surface area contributed by atoms with Gasteiger partial charge in [-0.05, 0) is 32.0 Å². The highest BCUT2D eigenvalue weighted by atomic mass is 35.5. The molecule has 1 fully saturated rings. The maximum Gasteiger partial charge on any atom is 0.337 e. The first-order valence-electron chi connectivity index (χ1n) is 6.61. The second kappa shape index (κ2) is 6.32. The summed E-state index contributed by atoms with van der Waals surface area (Å²) in [6.07, 6.45) is -0.0325. The predicted octanol–water partition coefficient (Wildman–Crippen LogP) is 2.68. The zero-order valence-electron chi connectivity index (χ0n) is 11.8. The average Bonchev–Trinajstić information content (AvgIpc) is 2.37. The number of halogens is 1. The van der Waals surface area contributed by atoms with Crippen molar-refractivity contribution >= 4 is 29.3 Å². The largest absolute Gasteiger partial charge is 0.478 e. The van der Waals surface area contributed by atoms with E-state index in [1.54, 1.807) is 4.90 Å². The maximum atomic E-state index is 12.2. The Bertz CT molecular complexity index is 554. The quantitative estimate of drug-likeness (QED) is 0.880. The average molecular weight is 313 g/mol. The van der Waals surface area contributed by atoms with Crippen molar-refractivity contribution in [3.8, 4) is 0 Å². The second-order valence-electron chi connectivity index (χ2n) is 5.09. The van der Waals surface area contributed by atoms with Gasteiger partial charge in [-0.1, -0.05) is 11.6 Å². The number of anilines is 1. The first-order chi connectivity index (χ1) is 9.86. The van der Waals surface area contributed by atoms with E-state index >= 15 is 0 Å². The van der Waals surface area contributed by atoms with Gasteiger partial charge in [0.2, 0.25) is 0 Å². The molecule has 0 aromatic heterocycles. The van der Waals surface area contributed by atoms with Gasteiger partial charge in [-0.15, -0.1) is 0 Å². The van der Waals surface area contributed by atoms with Gasteiger partial charge in [0, 0.05) is 18.8 Å². The van der Waals surface area contributed by atoms with E-state index in [1.165, 1.54) is 18.2 Å². The van der Waals surface area contributed by atoms with Crippen LogP contribution in [0.1, 0.15) is 24.2 Å². The van der Waals surface area contributed by atoms with Gasteiger partial charge in [0.1, 0.15) is 0 Å². The lowest BCUT2D eigenvalue weighted by Crippen LogP contribution is -2.49. The Morgan fingerprint density at radius 2 is 1.95 bits per heavy atom. The molecule has 6 nitrogen and oxygen atoms in total. The van der Waals surface area contributed by atoms with Gasteiger partial charge in [-0.3, -0.25) is 0 Å². The van der Waals surface area contributed by atoms with Crippen LogP contribution in [0.5, 0.6) is 0 Å². The Kier molecular flexibility index (Phi) is 4.69. The van der Waals surface area contributed by atoms with E-state index in [-0.39, 0.29) is 28.8 Å². The molecule has 1 aliphatic rings. The molecule has 2 N–H and O–H groups in total. The smallest absolute Gasteiger partial charge is 0.337 e. The third kappa shape index (κ3) is 3.86. The van der Waals surface area contributed by atoms with E-state index in [0.29, 0.717) is 18.8 Å². The van der Waals surface area contributed by atoms with E-state index in [4.69, 9.17) is 21.4 Å². The minimum absolute atomic E-state index is 0.00304. The van der Waals surface area contributed by atoms with E-state index in [2.05, 4.69) is 5.32 Å². The molecule has 1 aromatic rings. The number of aromatic carboxylic acids is 1. The summed E-state index contributed by atoms with van der Waals surface area (Å²) < 4.78 is 5.57. The van der Waals surface area contributed by atoms with Crippen molar-refractivity contribution in [3.05, 3.63) is 28.8 Å². The molecule has 7 heteroatoms. The normalized spacial score (nSPS) is 22.0. The van der Waals surface area contributed by atoms with Gasteiger partial charge >= 0.3 is 12.0 Å². The lowest BCUT2D eigenvalue weighted by atomic mass is 10.2. The second-order valence-corrected chi connectivity index (χ2v) is 5.50. The van der Waals surface area contributed by atoms with E-state index in [0.717, 1.165) is 0 Å². The molecule has 2 rings (SSSR count). The Morgan fingerprint density at radius 3 is 2.48 bits per heavy atom. The van der Waals surface area contributed by atoms with Gasteiger partial charge < -0.3 is 20.1 Å². The summed E-state index contributed by atoms with van der Waals surface area (Å²) in [5, 5.41) is 11.7. The summed E-state index contributed by atoms with van der Waals surface area (Å²) in [4.78, 5) is 24.7. The fourth-order valence-corrected chi connectivity index (χ4v) is 2.57. The van der Waals surface area contributed by atoms with Crippen LogP contribution in [0.3, 0.4) is 0 Å². The van der Waals surface area contributed by atoms with Crippen molar-refractivity contribution < 1.29 is 19.4 Å². The lowest BCUT2D eigenvalue weighted by Gasteiger charge is -2.35. The number of nitrogens with one attached hydrogen (secondary N) is 1. The fourth-order valence-electron chi connectivity index (χ4n) is 2.31. The number of urea groups is 1. The summed E-state index contributed by atoms with van der Waals surface area (Å²) in [5.74, 6) is -1.10. The van der Waals surface area contributed by atoms with Gasteiger partial charge in [0.05, 0.1) is 22.8 Å². The number of carboxylic acids is 1. The minimum Gasteiger partial charge on any atom is -0.478 e. The standard InChI is InChI=1S/C14H17ClN2O4/c1-8-6-17(7-9(2)21-8)14(20)16-10-3-4-11(13(18)19)12(15)5-10/h3-5,8-9H,6-7H2,1-2H3,(H,16,20)(H,18,19)/t8-,9+. The molecule has 1 aromatic carbocycles. The molecule has 1 aliphatic heterocycles. The Balaban J connectivity index is 2.06. The van der Waals surface area contributed by atoms with Crippen LogP contribution >= 0.6 is 11.6 Å². The van der Waals surface area contributed by atoms with Crippen molar-refractivity contribution in [2.45, 2.75) is 26.1 Å². The third-order valence-electron chi connectivity index (χ3n) is 3.16. The zero-order valence-corrected chi connectivity index (χ0v) is 12.6. The van der Waals surface area contributed by atoms with Crippen LogP contribution < -0.4 is 5.32 Å². The van der Waals surface area contributed by atoms with Crippen molar-refractivity contribution in [3.63, 3.8) is 0 Å². The lowest BCUT2D eigenvalue weighted by molar-refractivity contribution is -0.0530. The summed E-state index contributed by atoms with van der Waals surface area (Å²) in [6, 6.07) is 4.05. The molecular formula is C14H17ClN2O4. The highest BCUT2D eigenvalue weighted by molar-refractivity contribution is 6.33. The zero-order chi connectivity index (χ0) is 15.6. The SMILES string of the molecule is C[C@@H]1CN(C(=O)Nc2ccc(C(=O)O)c(Cl)c2)C[C@H](C)O1. The number of hydrogen-bond donors (Lipinski definition) is 2. The number of carboxylic acid groups (broad SMARTS) is 1. The highest BCUT2D eigenvalue weighted by Gasteiger charge is 2.26. The Morgan fingerprint density at radius 1 is 1.33 bits per heavy atom. The van der Waals surface area contributed by atoms with Gasteiger partial charge in [0.25, 0.3) is 0 Å². The minimum atomic E-state index is -1.10. The first kappa shape index (κ1) is 15.6. The number of rotatable bonds is 2. The van der Waals surface area contributed by atoms with Gasteiger partial charge in [0.15, 0.2) is 0 Å². The van der Waals surface area contributed by atoms with Crippen LogP contribution in [0.2, 0.25) is 5.02 Å². The molecule has 1 heterocycles. The molecule has 2 atom stereocenters. The van der Waals surface area contributed by atoms with E-state index in [9.17, 15) is 9.59 Å². The predicted molar refractivity (Wildman–Crippen MR) is 79.0 cm³/mol. The molecule has 2 amide bonds. The number of ether oxygens (including phenoxy) is 1. The molecule has 0 spiro atoms. The van der Waals surface area contributed by atoms with Crippen molar-refractivity contribution in [1.82, 2.24) is 4.90 Å². The summed E-state index contributed by atoms with van der Waals surface area (Å²) in [7, 11) is 0. The fraction of sp³-hybridized carbons (Fsp3) is 0.429. The Labute approximate surface area is 127 Å². The number of carbonyl (C=O) groups excluding carboxylic acids is 1. The summed E-state index contributed by atoms with van der Waals surface area (Å²) in [6.45, 7) is 4.84. The topological polar surface area (TPSA) is 78.9 Å². The molecular weight excluding hydrogens is 296 g/mol. The molecule has 21 heavy (non-hydrogen) atoms. The summed E-state index contributed by atoms with van der Waals surface area (Å²) in [5.41, 5.74) is 0.463. The molecule has 0 bridgehead atoms. The summed E-state index contributed by atoms with van der Waals surface area (Å²) >= 11 is 5.87. The number of nitrogens with zero attached hydrogens (tertiary/aromatic N) is 1. The maximum absolute atomic E-state index is 12.2. The molecule has 1 saturated heterocycles. The molecule has 114 valence electrons. The number of amides is 2. The van der Waals surface area contributed by atoms with Crippen LogP contribution in [-0.4, -0.2) is 47.3 Å². The third-order valence-corrected chi connectivity index (χ3v) is 3.47. The molecule has 0 unspecified atom stereocenters. The van der Waals surface area contributed by atoms with Gasteiger partial charge in [-0.2, -0.15) is 0 Å². The number of benzene rings is 1. The molecule has 0 aliphatic carbocycles. The molecule has 0 radical (unpaired) electrons. The van der Waals surface area contributed by atoms with Crippen molar-refractivity contribution in [2.75, 3.05) is 18.4 Å². The van der Waals surface area contributed by atoms with E-state index in [1.807, 2.05) is 13.8 Å². The first-order valence-corrected chi connectivity index (χ1v) is 6.99. The van der Waals surface area contributed by atoms with Gasteiger partial charge in [-0.25, -0.2) is 9.59 Å². The molecule has 0 saturated carbocycles. The van der Waals surface area contributed by atoms with Crippen LogP contribution in [-0.2, 0) is 4.74 Å². The monoisotopic (exact) mass is 312 g/mol. The van der Waals surface area contributed by atoms with Crippen LogP contribution in [0.4, 0.5) is 10.5 Å².